The molecule has 1 aliphatic rings. The second-order valence-corrected chi connectivity index (χ2v) is 5.09. The summed E-state index contributed by atoms with van der Waals surface area (Å²) in [5.74, 6) is 0.593. The first-order chi connectivity index (χ1) is 7.69. The van der Waals surface area contributed by atoms with E-state index >= 15 is 0 Å². The summed E-state index contributed by atoms with van der Waals surface area (Å²) < 4.78 is 0. The van der Waals surface area contributed by atoms with Gasteiger partial charge >= 0.3 is 0 Å². The summed E-state index contributed by atoms with van der Waals surface area (Å²) in [7, 11) is 0. The number of nitrogens with one attached hydrogen (secondary N) is 1. The van der Waals surface area contributed by atoms with Crippen molar-refractivity contribution in [2.45, 2.75) is 25.7 Å². The van der Waals surface area contributed by atoms with E-state index < -0.39 is 0 Å². The fraction of sp³-hybridized carbons (Fsp3) is 0.429. The quantitative estimate of drug-likeness (QED) is 0.794. The molecule has 0 amide bonds. The van der Waals surface area contributed by atoms with Gasteiger partial charge in [-0.1, -0.05) is 25.1 Å². The Labute approximate surface area is 95.3 Å². The average Bonchev–Trinajstić information content (AvgIpc) is 2.81. The number of aliphatic hydroxyl groups excluding tert-OH is 1. The van der Waals surface area contributed by atoms with Crippen LogP contribution in [0.5, 0.6) is 0 Å². The Morgan fingerprint density at radius 1 is 1.44 bits per heavy atom. The van der Waals surface area contributed by atoms with Gasteiger partial charge in [0.15, 0.2) is 0 Å². The van der Waals surface area contributed by atoms with Gasteiger partial charge in [-0.25, -0.2) is 0 Å². The van der Waals surface area contributed by atoms with Gasteiger partial charge in [0.1, 0.15) is 0 Å². The molecule has 2 aromatic rings. The molecule has 0 saturated heterocycles. The Morgan fingerprint density at radius 2 is 2.12 bits per heavy atom. The molecule has 1 heterocycles. The number of aryl methyl sites for hydroxylation is 1. The summed E-state index contributed by atoms with van der Waals surface area (Å²) in [6.45, 7) is 4.59. The largest absolute Gasteiger partial charge is 0.395 e. The van der Waals surface area contributed by atoms with Crippen LogP contribution in [0.2, 0.25) is 0 Å². The number of aliphatic hydroxyl groups is 1. The molecule has 2 atom stereocenters. The molecule has 0 radical (unpaired) electrons. The van der Waals surface area contributed by atoms with Crippen molar-refractivity contribution in [2.24, 2.45) is 5.92 Å². The first-order valence-electron chi connectivity index (χ1n) is 5.87. The summed E-state index contributed by atoms with van der Waals surface area (Å²) in [6.07, 6.45) is 1.10. The number of fused-ring (bicyclic) bond motifs is 1. The third kappa shape index (κ3) is 1.11. The second-order valence-electron chi connectivity index (χ2n) is 5.09. The van der Waals surface area contributed by atoms with Crippen LogP contribution in [0.25, 0.3) is 10.9 Å². The molecule has 0 bridgehead atoms. The van der Waals surface area contributed by atoms with E-state index in [4.69, 9.17) is 0 Å². The highest BCUT2D eigenvalue weighted by atomic mass is 16.3. The molecule has 2 nitrogen and oxygen atoms in total. The molecule has 0 aliphatic heterocycles. The van der Waals surface area contributed by atoms with Crippen molar-refractivity contribution in [3.05, 3.63) is 35.5 Å². The monoisotopic (exact) mass is 215 g/mol. The van der Waals surface area contributed by atoms with E-state index in [1.54, 1.807) is 0 Å². The molecule has 1 aromatic heterocycles. The molecular formula is C14H17NO. The molecule has 1 fully saturated rings. The first kappa shape index (κ1) is 9.91. The predicted molar refractivity (Wildman–Crippen MR) is 65.6 cm³/mol. The van der Waals surface area contributed by atoms with Crippen LogP contribution in [0.4, 0.5) is 0 Å². The highest BCUT2D eigenvalue weighted by Crippen LogP contribution is 2.56. The summed E-state index contributed by atoms with van der Waals surface area (Å²) in [5.41, 5.74) is 3.74. The average molecular weight is 215 g/mol. The van der Waals surface area contributed by atoms with Gasteiger partial charge in [0.2, 0.25) is 0 Å². The number of hydrogen-bond donors (Lipinski definition) is 2. The number of H-pyrrole nitrogens is 1. The van der Waals surface area contributed by atoms with E-state index in [9.17, 15) is 5.11 Å². The lowest BCUT2D eigenvalue weighted by atomic mass is 9.92. The number of hydrogen-bond acceptors (Lipinski definition) is 1. The van der Waals surface area contributed by atoms with Gasteiger partial charge in [-0.05, 0) is 30.9 Å². The molecule has 84 valence electrons. The first-order valence-corrected chi connectivity index (χ1v) is 5.87. The van der Waals surface area contributed by atoms with Gasteiger partial charge in [-0.3, -0.25) is 0 Å². The molecule has 2 heteroatoms. The third-order valence-corrected chi connectivity index (χ3v) is 4.13. The topological polar surface area (TPSA) is 36.0 Å². The third-order valence-electron chi connectivity index (χ3n) is 4.13. The van der Waals surface area contributed by atoms with Gasteiger partial charge < -0.3 is 10.1 Å². The second kappa shape index (κ2) is 3.11. The number of aromatic nitrogens is 1. The van der Waals surface area contributed by atoms with Gasteiger partial charge in [0.25, 0.3) is 0 Å². The van der Waals surface area contributed by atoms with E-state index in [1.807, 2.05) is 6.07 Å². The fourth-order valence-electron chi connectivity index (χ4n) is 3.05. The number of benzene rings is 1. The van der Waals surface area contributed by atoms with Gasteiger partial charge in [0.05, 0.1) is 6.61 Å². The lowest BCUT2D eigenvalue weighted by Gasteiger charge is -2.14. The summed E-state index contributed by atoms with van der Waals surface area (Å²) in [5, 5.41) is 10.9. The highest BCUT2D eigenvalue weighted by Gasteiger charge is 2.53. The molecule has 2 unspecified atom stereocenters. The maximum absolute atomic E-state index is 9.67. The lowest BCUT2D eigenvalue weighted by molar-refractivity contribution is 0.247. The standard InChI is InChI=1S/C14H17NO/c1-9-7-14(9,8-16)13-10(2)15-12-6-4-3-5-11(12)13/h3-6,9,15-16H,7-8H2,1-2H3. The van der Waals surface area contributed by atoms with Crippen LogP contribution < -0.4 is 0 Å². The Bertz CT molecular complexity index is 539. The molecule has 1 saturated carbocycles. The highest BCUT2D eigenvalue weighted by molar-refractivity contribution is 5.86. The predicted octanol–water partition coefficient (Wildman–Crippen LogP) is 2.75. The van der Waals surface area contributed by atoms with Crippen LogP contribution in [0.15, 0.2) is 24.3 Å². The zero-order valence-corrected chi connectivity index (χ0v) is 9.75. The van der Waals surface area contributed by atoms with Crippen molar-refractivity contribution in [1.82, 2.24) is 4.98 Å². The van der Waals surface area contributed by atoms with Gasteiger partial charge in [-0.15, -0.1) is 0 Å². The van der Waals surface area contributed by atoms with Crippen molar-refractivity contribution < 1.29 is 5.11 Å². The zero-order valence-electron chi connectivity index (χ0n) is 9.75. The molecular weight excluding hydrogens is 198 g/mol. The lowest BCUT2D eigenvalue weighted by Crippen LogP contribution is -2.15. The number of aromatic amines is 1. The van der Waals surface area contributed by atoms with E-state index in [-0.39, 0.29) is 12.0 Å². The SMILES string of the molecule is Cc1[nH]c2ccccc2c1C1(CO)CC1C. The Morgan fingerprint density at radius 3 is 2.75 bits per heavy atom. The van der Waals surface area contributed by atoms with Crippen molar-refractivity contribution in [2.75, 3.05) is 6.61 Å². The Hall–Kier alpha value is -1.28. The van der Waals surface area contributed by atoms with E-state index in [2.05, 4.69) is 37.0 Å². The minimum atomic E-state index is 0.0175. The van der Waals surface area contributed by atoms with E-state index in [0.29, 0.717) is 5.92 Å². The smallest absolute Gasteiger partial charge is 0.0531 e. The summed E-state index contributed by atoms with van der Waals surface area (Å²) in [4.78, 5) is 3.42. The maximum atomic E-state index is 9.67. The van der Waals surface area contributed by atoms with Gasteiger partial charge in [0, 0.05) is 22.0 Å². The summed E-state index contributed by atoms with van der Waals surface area (Å²) >= 11 is 0. The van der Waals surface area contributed by atoms with Crippen LogP contribution in [-0.2, 0) is 5.41 Å². The van der Waals surface area contributed by atoms with Crippen LogP contribution >= 0.6 is 0 Å². The van der Waals surface area contributed by atoms with E-state index in [0.717, 1.165) is 6.42 Å². The number of rotatable bonds is 2. The van der Waals surface area contributed by atoms with E-state index in [1.165, 1.54) is 22.2 Å². The Balaban J connectivity index is 2.27. The molecule has 1 aliphatic carbocycles. The molecule has 0 spiro atoms. The van der Waals surface area contributed by atoms with Crippen LogP contribution in [0, 0.1) is 12.8 Å². The molecule has 16 heavy (non-hydrogen) atoms. The molecule has 3 rings (SSSR count). The minimum absolute atomic E-state index is 0.0175. The van der Waals surface area contributed by atoms with Crippen molar-refractivity contribution in [3.8, 4) is 0 Å². The normalized spacial score (nSPS) is 28.6. The minimum Gasteiger partial charge on any atom is -0.395 e. The number of para-hydroxylation sites is 1. The fourth-order valence-corrected chi connectivity index (χ4v) is 3.05. The molecule has 2 N–H and O–H groups in total. The van der Waals surface area contributed by atoms with Crippen molar-refractivity contribution in [3.63, 3.8) is 0 Å². The van der Waals surface area contributed by atoms with Crippen molar-refractivity contribution in [1.29, 1.82) is 0 Å². The van der Waals surface area contributed by atoms with Gasteiger partial charge in [-0.2, -0.15) is 0 Å². The Kier molecular flexibility index (Phi) is 1.93. The zero-order chi connectivity index (χ0) is 11.3. The van der Waals surface area contributed by atoms with Crippen LogP contribution in [-0.4, -0.2) is 16.7 Å². The molecule has 1 aromatic carbocycles. The maximum Gasteiger partial charge on any atom is 0.0531 e. The summed E-state index contributed by atoms with van der Waals surface area (Å²) in [6, 6.07) is 8.36. The van der Waals surface area contributed by atoms with Crippen LogP contribution in [0.3, 0.4) is 0 Å². The van der Waals surface area contributed by atoms with Crippen molar-refractivity contribution >= 4 is 10.9 Å². The van der Waals surface area contributed by atoms with Crippen LogP contribution in [0.1, 0.15) is 24.6 Å².